The van der Waals surface area contributed by atoms with E-state index in [2.05, 4.69) is 10.3 Å². The van der Waals surface area contributed by atoms with Crippen LogP contribution in [-0.4, -0.2) is 30.1 Å². The molecule has 1 aromatic rings. The molecule has 1 aliphatic carbocycles. The molecule has 1 amide bonds. The van der Waals surface area contributed by atoms with Gasteiger partial charge in [0.05, 0.1) is 7.11 Å². The number of nitrogens with one attached hydrogen (secondary N) is 1. The molecule has 1 aliphatic rings. The van der Waals surface area contributed by atoms with Gasteiger partial charge in [0, 0.05) is 12.1 Å². The summed E-state index contributed by atoms with van der Waals surface area (Å²) in [4.78, 5) is 15.2. The second-order valence-electron chi connectivity index (χ2n) is 5.00. The maximum Gasteiger partial charge on any atom is 0.254 e. The number of rotatable bonds is 4. The van der Waals surface area contributed by atoms with Crippen molar-refractivity contribution in [1.29, 1.82) is 0 Å². The van der Waals surface area contributed by atoms with Crippen LogP contribution in [0.15, 0.2) is 6.07 Å². The number of carbonyl (C=O) groups is 1. The Morgan fingerprint density at radius 3 is 2.45 bits per heavy atom. The minimum absolute atomic E-state index is 0. The van der Waals surface area contributed by atoms with Crippen molar-refractivity contribution in [3.05, 3.63) is 17.4 Å². The summed E-state index contributed by atoms with van der Waals surface area (Å²) in [6.45, 7) is 0. The fraction of sp³-hybridized carbons (Fsp3) is 0.538. The normalized spacial score (nSPS) is 20.3. The summed E-state index contributed by atoms with van der Waals surface area (Å²) in [6, 6.07) is 1.39. The Balaban J connectivity index is 0.00000220. The molecular weight excluding hydrogens is 334 g/mol. The monoisotopic (exact) mass is 354 g/mol. The van der Waals surface area contributed by atoms with Gasteiger partial charge in [-0.25, -0.2) is 4.39 Å². The van der Waals surface area contributed by atoms with Gasteiger partial charge in [-0.05, 0) is 31.7 Å². The summed E-state index contributed by atoms with van der Waals surface area (Å²) in [5.41, 5.74) is 10.9. The molecule has 9 heteroatoms. The van der Waals surface area contributed by atoms with Crippen molar-refractivity contribution >= 4 is 36.5 Å². The van der Waals surface area contributed by atoms with Crippen molar-refractivity contribution in [3.63, 3.8) is 0 Å². The molecule has 0 bridgehead atoms. The third kappa shape index (κ3) is 4.86. The van der Waals surface area contributed by atoms with Crippen molar-refractivity contribution in [2.24, 2.45) is 11.5 Å². The highest BCUT2D eigenvalue weighted by Gasteiger charge is 2.22. The molecule has 1 saturated carbocycles. The average Bonchev–Trinajstić information content (AvgIpc) is 2.42. The quantitative estimate of drug-likeness (QED) is 0.765. The van der Waals surface area contributed by atoms with Crippen LogP contribution < -0.4 is 21.5 Å². The van der Waals surface area contributed by atoms with Crippen molar-refractivity contribution in [3.8, 4) is 5.88 Å². The van der Waals surface area contributed by atoms with E-state index in [0.717, 1.165) is 31.7 Å². The van der Waals surface area contributed by atoms with Gasteiger partial charge in [0.15, 0.2) is 11.6 Å². The first-order valence-corrected chi connectivity index (χ1v) is 6.57. The van der Waals surface area contributed by atoms with Gasteiger partial charge in [0.2, 0.25) is 5.88 Å². The van der Waals surface area contributed by atoms with E-state index < -0.39 is 11.7 Å². The third-order valence-electron chi connectivity index (χ3n) is 3.51. The first-order chi connectivity index (χ1) is 9.51. The van der Waals surface area contributed by atoms with E-state index in [0.29, 0.717) is 0 Å². The Hall–Kier alpha value is -1.31. The van der Waals surface area contributed by atoms with Crippen molar-refractivity contribution in [2.75, 3.05) is 12.4 Å². The van der Waals surface area contributed by atoms with E-state index in [1.165, 1.54) is 7.11 Å². The molecule has 2 rings (SSSR count). The number of nitrogens with zero attached hydrogens (tertiary/aromatic N) is 1. The van der Waals surface area contributed by atoms with E-state index in [9.17, 15) is 9.18 Å². The molecule has 0 atom stereocenters. The molecule has 1 fully saturated rings. The molecule has 126 valence electrons. The predicted molar refractivity (Wildman–Crippen MR) is 87.6 cm³/mol. The molecule has 0 radical (unpaired) electrons. The van der Waals surface area contributed by atoms with E-state index in [-0.39, 0.29) is 54.2 Å². The summed E-state index contributed by atoms with van der Waals surface area (Å²) in [5, 5.41) is 3.04. The lowest BCUT2D eigenvalue weighted by Gasteiger charge is -2.27. The number of hydrogen-bond acceptors (Lipinski definition) is 5. The van der Waals surface area contributed by atoms with Crippen LogP contribution in [-0.2, 0) is 0 Å². The fourth-order valence-electron chi connectivity index (χ4n) is 2.36. The molecule has 22 heavy (non-hydrogen) atoms. The van der Waals surface area contributed by atoms with Crippen molar-refractivity contribution < 1.29 is 13.9 Å². The number of ether oxygens (including phenoxy) is 1. The lowest BCUT2D eigenvalue weighted by molar-refractivity contribution is 0.0996. The molecule has 6 nitrogen and oxygen atoms in total. The van der Waals surface area contributed by atoms with Gasteiger partial charge >= 0.3 is 0 Å². The topological polar surface area (TPSA) is 103 Å². The van der Waals surface area contributed by atoms with Crippen molar-refractivity contribution in [2.45, 2.75) is 37.8 Å². The summed E-state index contributed by atoms with van der Waals surface area (Å²) in [6.07, 6.45) is 3.52. The number of amides is 1. The molecule has 1 aromatic heterocycles. The number of nitrogens with two attached hydrogens (primary N) is 2. The second-order valence-corrected chi connectivity index (χ2v) is 5.00. The Morgan fingerprint density at radius 2 is 1.95 bits per heavy atom. The van der Waals surface area contributed by atoms with E-state index in [1.807, 2.05) is 0 Å². The minimum atomic E-state index is -0.775. The molecule has 0 spiro atoms. The first-order valence-electron chi connectivity index (χ1n) is 6.57. The highest BCUT2D eigenvalue weighted by Crippen LogP contribution is 2.25. The van der Waals surface area contributed by atoms with Crippen LogP contribution in [0.4, 0.5) is 10.2 Å². The number of hydrogen-bond donors (Lipinski definition) is 3. The summed E-state index contributed by atoms with van der Waals surface area (Å²) < 4.78 is 18.9. The van der Waals surface area contributed by atoms with Gasteiger partial charge in [0.25, 0.3) is 5.91 Å². The lowest BCUT2D eigenvalue weighted by Crippen LogP contribution is -2.33. The molecule has 0 saturated heterocycles. The number of primary amides is 1. The Labute approximate surface area is 141 Å². The number of methoxy groups -OCH3 is 1. The third-order valence-corrected chi connectivity index (χ3v) is 3.51. The van der Waals surface area contributed by atoms with Gasteiger partial charge in [0.1, 0.15) is 5.56 Å². The lowest BCUT2D eigenvalue weighted by atomic mass is 9.92. The smallest absolute Gasteiger partial charge is 0.254 e. The van der Waals surface area contributed by atoms with Gasteiger partial charge < -0.3 is 21.5 Å². The number of aromatic nitrogens is 1. The first kappa shape index (κ1) is 20.7. The zero-order valence-electron chi connectivity index (χ0n) is 12.2. The largest absolute Gasteiger partial charge is 0.480 e. The van der Waals surface area contributed by atoms with Crippen LogP contribution in [0.5, 0.6) is 5.88 Å². The van der Waals surface area contributed by atoms with Crippen LogP contribution >= 0.6 is 24.8 Å². The molecule has 0 aliphatic heterocycles. The second kappa shape index (κ2) is 8.97. The zero-order chi connectivity index (χ0) is 14.7. The standard InChI is InChI=1S/C13H19FN4O2.2ClH/c1-20-13-9(11(16)19)6-10(14)12(18-13)17-8-4-2-7(15)3-5-8;;/h6-8H,2-5,15H2,1H3,(H2,16,19)(H,17,18);2*1H. The van der Waals surface area contributed by atoms with Gasteiger partial charge in [-0.3, -0.25) is 4.79 Å². The predicted octanol–water partition coefficient (Wildman–Crippen LogP) is 1.85. The maximum absolute atomic E-state index is 13.9. The number of pyridine rings is 1. The van der Waals surface area contributed by atoms with Crippen LogP contribution in [0, 0.1) is 5.82 Å². The molecule has 1 heterocycles. The Kier molecular flexibility index (Phi) is 8.44. The van der Waals surface area contributed by atoms with Crippen LogP contribution in [0.3, 0.4) is 0 Å². The summed E-state index contributed by atoms with van der Waals surface area (Å²) in [5.74, 6) is -1.29. The Bertz CT molecular complexity index is 511. The highest BCUT2D eigenvalue weighted by molar-refractivity contribution is 5.95. The zero-order valence-corrected chi connectivity index (χ0v) is 13.8. The van der Waals surface area contributed by atoms with E-state index in [4.69, 9.17) is 16.2 Å². The maximum atomic E-state index is 13.9. The van der Waals surface area contributed by atoms with Gasteiger partial charge in [-0.1, -0.05) is 0 Å². The number of anilines is 1. The number of carbonyl (C=O) groups excluding carboxylic acids is 1. The molecule has 0 unspecified atom stereocenters. The van der Waals surface area contributed by atoms with Crippen LogP contribution in [0.2, 0.25) is 0 Å². The van der Waals surface area contributed by atoms with Crippen LogP contribution in [0.1, 0.15) is 36.0 Å². The fourth-order valence-corrected chi connectivity index (χ4v) is 2.36. The molecule has 0 aromatic carbocycles. The van der Waals surface area contributed by atoms with Gasteiger partial charge in [-0.15, -0.1) is 24.8 Å². The van der Waals surface area contributed by atoms with Crippen LogP contribution in [0.25, 0.3) is 0 Å². The summed E-state index contributed by atoms with van der Waals surface area (Å²) in [7, 11) is 1.36. The van der Waals surface area contributed by atoms with E-state index >= 15 is 0 Å². The summed E-state index contributed by atoms with van der Waals surface area (Å²) >= 11 is 0. The van der Waals surface area contributed by atoms with Gasteiger partial charge in [-0.2, -0.15) is 4.98 Å². The molecule has 5 N–H and O–H groups in total. The highest BCUT2D eigenvalue weighted by atomic mass is 35.5. The number of halogens is 3. The molecular formula is C13H21Cl2FN4O2. The Morgan fingerprint density at radius 1 is 1.36 bits per heavy atom. The minimum Gasteiger partial charge on any atom is -0.480 e. The van der Waals surface area contributed by atoms with E-state index in [1.54, 1.807) is 0 Å². The SMILES string of the molecule is COc1nc(NC2CCC(N)CC2)c(F)cc1C(N)=O.Cl.Cl. The van der Waals surface area contributed by atoms with Crippen molar-refractivity contribution in [1.82, 2.24) is 4.98 Å². The average molecular weight is 355 g/mol.